The number of hydrogen-bond donors (Lipinski definition) is 2. The molecular weight excluding hydrogens is 152 g/mol. The van der Waals surface area contributed by atoms with Crippen molar-refractivity contribution in [1.82, 2.24) is 0 Å². The molecule has 0 aliphatic heterocycles. The van der Waals surface area contributed by atoms with E-state index in [2.05, 4.69) is 5.92 Å². The van der Waals surface area contributed by atoms with E-state index in [1.54, 1.807) is 6.07 Å². The summed E-state index contributed by atoms with van der Waals surface area (Å²) in [5, 5.41) is 18.3. The van der Waals surface area contributed by atoms with Gasteiger partial charge in [0, 0.05) is 12.5 Å². The van der Waals surface area contributed by atoms with Gasteiger partial charge in [-0.2, -0.15) is 0 Å². The number of aryl methyl sites for hydroxylation is 1. The van der Waals surface area contributed by atoms with Gasteiger partial charge < -0.3 is 10.2 Å². The maximum absolute atomic E-state index is 9.29. The molecule has 0 saturated heterocycles. The van der Waals surface area contributed by atoms with E-state index in [1.807, 2.05) is 0 Å². The lowest BCUT2D eigenvalue weighted by Gasteiger charge is -2.01. The first-order valence-corrected chi connectivity index (χ1v) is 3.68. The number of phenolic OH excluding ortho intramolecular Hbond substituents is 2. The molecule has 0 radical (unpaired) electrons. The van der Waals surface area contributed by atoms with Crippen LogP contribution in [0.3, 0.4) is 0 Å². The predicted octanol–water partition coefficient (Wildman–Crippen LogP) is 1.66. The second kappa shape index (κ2) is 3.68. The summed E-state index contributed by atoms with van der Waals surface area (Å²) < 4.78 is 0. The minimum Gasteiger partial charge on any atom is -0.508 e. The zero-order chi connectivity index (χ0) is 8.97. The van der Waals surface area contributed by atoms with Crippen molar-refractivity contribution >= 4 is 0 Å². The van der Waals surface area contributed by atoms with Gasteiger partial charge in [0.25, 0.3) is 0 Å². The summed E-state index contributed by atoms with van der Waals surface area (Å²) in [6.45, 7) is 0. The van der Waals surface area contributed by atoms with Crippen molar-refractivity contribution in [2.45, 2.75) is 12.8 Å². The van der Waals surface area contributed by atoms with Crippen molar-refractivity contribution in [3.63, 3.8) is 0 Å². The zero-order valence-electron chi connectivity index (χ0n) is 6.62. The molecule has 0 spiro atoms. The summed E-state index contributed by atoms with van der Waals surface area (Å²) in [4.78, 5) is 0. The van der Waals surface area contributed by atoms with E-state index in [4.69, 9.17) is 11.5 Å². The van der Waals surface area contributed by atoms with Gasteiger partial charge >= 0.3 is 0 Å². The Hall–Kier alpha value is -1.62. The van der Waals surface area contributed by atoms with E-state index in [1.165, 1.54) is 12.1 Å². The zero-order valence-corrected chi connectivity index (χ0v) is 6.62. The summed E-state index contributed by atoms with van der Waals surface area (Å²) >= 11 is 0. The van der Waals surface area contributed by atoms with Crippen LogP contribution in [0.4, 0.5) is 0 Å². The van der Waals surface area contributed by atoms with Crippen LogP contribution in [0.2, 0.25) is 0 Å². The van der Waals surface area contributed by atoms with Crippen LogP contribution in [0.5, 0.6) is 11.5 Å². The third-order valence-corrected chi connectivity index (χ3v) is 1.61. The van der Waals surface area contributed by atoms with Gasteiger partial charge in [-0.1, -0.05) is 6.07 Å². The number of terminal acetylenes is 1. The molecule has 2 N–H and O–H groups in total. The lowest BCUT2D eigenvalue weighted by molar-refractivity contribution is 0.446. The van der Waals surface area contributed by atoms with Crippen molar-refractivity contribution in [3.8, 4) is 23.8 Å². The molecule has 2 nitrogen and oxygen atoms in total. The van der Waals surface area contributed by atoms with Gasteiger partial charge in [-0.25, -0.2) is 0 Å². The largest absolute Gasteiger partial charge is 0.508 e. The van der Waals surface area contributed by atoms with Crippen LogP contribution in [0.15, 0.2) is 18.2 Å². The number of rotatable bonds is 2. The van der Waals surface area contributed by atoms with Crippen LogP contribution < -0.4 is 0 Å². The Morgan fingerprint density at radius 3 is 2.67 bits per heavy atom. The van der Waals surface area contributed by atoms with Gasteiger partial charge in [0.05, 0.1) is 0 Å². The van der Waals surface area contributed by atoms with Crippen molar-refractivity contribution in [3.05, 3.63) is 23.8 Å². The minimum atomic E-state index is 0.0666. The van der Waals surface area contributed by atoms with Crippen molar-refractivity contribution in [2.75, 3.05) is 0 Å². The number of benzene rings is 1. The van der Waals surface area contributed by atoms with E-state index in [-0.39, 0.29) is 11.5 Å². The molecule has 12 heavy (non-hydrogen) atoms. The highest BCUT2D eigenvalue weighted by Crippen LogP contribution is 2.23. The summed E-state index contributed by atoms with van der Waals surface area (Å²) in [6, 6.07) is 4.51. The Labute approximate surface area is 71.5 Å². The fourth-order valence-corrected chi connectivity index (χ4v) is 0.970. The monoisotopic (exact) mass is 162 g/mol. The summed E-state index contributed by atoms with van der Waals surface area (Å²) in [6.07, 6.45) is 6.31. The first kappa shape index (κ1) is 8.48. The second-order valence-electron chi connectivity index (χ2n) is 2.52. The van der Waals surface area contributed by atoms with Crippen molar-refractivity contribution in [1.29, 1.82) is 0 Å². The van der Waals surface area contributed by atoms with Crippen molar-refractivity contribution < 1.29 is 10.2 Å². The highest BCUT2D eigenvalue weighted by Gasteiger charge is 2.00. The molecule has 2 heteroatoms. The minimum absolute atomic E-state index is 0.0666. The van der Waals surface area contributed by atoms with E-state index < -0.39 is 0 Å². The lowest BCUT2D eigenvalue weighted by Crippen LogP contribution is -1.83. The predicted molar refractivity (Wildman–Crippen MR) is 46.9 cm³/mol. The molecule has 1 aromatic rings. The van der Waals surface area contributed by atoms with Gasteiger partial charge in [0.2, 0.25) is 0 Å². The number of hydrogen-bond acceptors (Lipinski definition) is 2. The molecule has 0 unspecified atom stereocenters. The highest BCUT2D eigenvalue weighted by atomic mass is 16.3. The van der Waals surface area contributed by atoms with Crippen LogP contribution in [0.1, 0.15) is 12.0 Å². The maximum Gasteiger partial charge on any atom is 0.122 e. The highest BCUT2D eigenvalue weighted by molar-refractivity contribution is 5.39. The molecule has 0 aromatic heterocycles. The molecule has 0 amide bonds. The van der Waals surface area contributed by atoms with Gasteiger partial charge in [-0.3, -0.25) is 0 Å². The topological polar surface area (TPSA) is 40.5 Å². The van der Waals surface area contributed by atoms with Crippen LogP contribution in [0.25, 0.3) is 0 Å². The average Bonchev–Trinajstić information content (AvgIpc) is 2.03. The molecule has 0 saturated carbocycles. The lowest BCUT2D eigenvalue weighted by atomic mass is 10.1. The normalized spacial score (nSPS) is 9.25. The Kier molecular flexibility index (Phi) is 2.60. The Morgan fingerprint density at radius 1 is 1.33 bits per heavy atom. The Balaban J connectivity index is 2.81. The Bertz CT molecular complexity index is 310. The van der Waals surface area contributed by atoms with E-state index >= 15 is 0 Å². The van der Waals surface area contributed by atoms with E-state index in [0.29, 0.717) is 12.8 Å². The molecule has 0 fully saturated rings. The fourth-order valence-electron chi connectivity index (χ4n) is 0.970. The molecule has 1 aromatic carbocycles. The molecule has 0 atom stereocenters. The first-order chi connectivity index (χ1) is 5.74. The van der Waals surface area contributed by atoms with E-state index in [0.717, 1.165) is 5.56 Å². The number of phenols is 2. The smallest absolute Gasteiger partial charge is 0.122 e. The SMILES string of the molecule is C#CCCc1ccc(O)cc1O. The van der Waals surface area contributed by atoms with Crippen molar-refractivity contribution in [2.24, 2.45) is 0 Å². The van der Waals surface area contributed by atoms with E-state index in [9.17, 15) is 5.11 Å². The summed E-state index contributed by atoms with van der Waals surface area (Å²) in [7, 11) is 0. The average molecular weight is 162 g/mol. The Morgan fingerprint density at radius 2 is 2.08 bits per heavy atom. The molecule has 0 bridgehead atoms. The molecule has 1 rings (SSSR count). The maximum atomic E-state index is 9.29. The molecule has 0 heterocycles. The summed E-state index contributed by atoms with van der Waals surface area (Å²) in [5.74, 6) is 2.65. The standard InChI is InChI=1S/C10H10O2/c1-2-3-4-8-5-6-9(11)7-10(8)12/h1,5-7,11-12H,3-4H2. The van der Waals surface area contributed by atoms with Crippen LogP contribution in [-0.2, 0) is 6.42 Å². The van der Waals surface area contributed by atoms with Crippen LogP contribution in [0, 0.1) is 12.3 Å². The molecule has 62 valence electrons. The second-order valence-corrected chi connectivity index (χ2v) is 2.52. The first-order valence-electron chi connectivity index (χ1n) is 3.68. The van der Waals surface area contributed by atoms with Gasteiger partial charge in [0.15, 0.2) is 0 Å². The molecule has 0 aliphatic rings. The number of aromatic hydroxyl groups is 2. The third-order valence-electron chi connectivity index (χ3n) is 1.61. The van der Waals surface area contributed by atoms with Gasteiger partial charge in [-0.15, -0.1) is 12.3 Å². The summed E-state index contributed by atoms with van der Waals surface area (Å²) in [5.41, 5.74) is 0.769. The third kappa shape index (κ3) is 1.93. The van der Waals surface area contributed by atoms with Crippen LogP contribution >= 0.6 is 0 Å². The molecular formula is C10H10O2. The fraction of sp³-hybridized carbons (Fsp3) is 0.200. The van der Waals surface area contributed by atoms with Gasteiger partial charge in [0.1, 0.15) is 11.5 Å². The van der Waals surface area contributed by atoms with Gasteiger partial charge in [-0.05, 0) is 18.1 Å². The van der Waals surface area contributed by atoms with Crippen LogP contribution in [-0.4, -0.2) is 10.2 Å². The molecule has 0 aliphatic carbocycles. The quantitative estimate of drug-likeness (QED) is 0.649.